The maximum Gasteiger partial charge on any atom is 0.265 e. The number of hydrogen-bond acceptors (Lipinski definition) is 1. The minimum absolute atomic E-state index is 0.0622. The van der Waals surface area contributed by atoms with Gasteiger partial charge in [-0.2, -0.15) is 0 Å². The van der Waals surface area contributed by atoms with Crippen LogP contribution in [0.2, 0.25) is 0 Å². The highest BCUT2D eigenvalue weighted by Crippen LogP contribution is 2.26. The van der Waals surface area contributed by atoms with Gasteiger partial charge in [-0.1, -0.05) is 0 Å². The Morgan fingerprint density at radius 1 is 1.46 bits per heavy atom. The van der Waals surface area contributed by atoms with Crippen LogP contribution in [-0.2, 0) is 0 Å². The molecule has 5 heteroatoms. The number of nitrogens with one attached hydrogen (secondary N) is 1. The molecule has 2 rings (SSSR count). The minimum Gasteiger partial charge on any atom is -0.345 e. The van der Waals surface area contributed by atoms with E-state index in [2.05, 4.69) is 25.9 Å². The number of halogens is 3. The van der Waals surface area contributed by atoms with Gasteiger partial charge < -0.3 is 4.98 Å². The van der Waals surface area contributed by atoms with Crippen LogP contribution in [0.5, 0.6) is 0 Å². The maximum atomic E-state index is 12.3. The second-order valence-electron chi connectivity index (χ2n) is 2.60. The van der Waals surface area contributed by atoms with Crippen LogP contribution in [0.15, 0.2) is 22.9 Å². The van der Waals surface area contributed by atoms with Gasteiger partial charge in [-0.25, -0.2) is 13.8 Å². The number of fused-ring (bicyclic) bond motifs is 1. The fourth-order valence-electron chi connectivity index (χ4n) is 1.11. The molecule has 2 nitrogen and oxygen atoms in total. The summed E-state index contributed by atoms with van der Waals surface area (Å²) in [6.45, 7) is 0. The molecule has 0 aliphatic heterocycles. The van der Waals surface area contributed by atoms with Crippen molar-refractivity contribution in [2.24, 2.45) is 0 Å². The lowest BCUT2D eigenvalue weighted by Gasteiger charge is -1.97. The van der Waals surface area contributed by atoms with Crippen LogP contribution in [-0.4, -0.2) is 9.97 Å². The van der Waals surface area contributed by atoms with Gasteiger partial charge in [0.25, 0.3) is 6.43 Å². The molecule has 0 aliphatic rings. The predicted molar refractivity (Wildman–Crippen MR) is 48.8 cm³/mol. The summed E-state index contributed by atoms with van der Waals surface area (Å²) in [5.74, 6) is 0. The van der Waals surface area contributed by atoms with Crippen molar-refractivity contribution in [2.75, 3.05) is 0 Å². The van der Waals surface area contributed by atoms with Gasteiger partial charge in [-0.15, -0.1) is 0 Å². The first-order chi connectivity index (χ1) is 6.18. The zero-order valence-electron chi connectivity index (χ0n) is 6.39. The lowest BCUT2D eigenvalue weighted by molar-refractivity contribution is 0.151. The first-order valence-corrected chi connectivity index (χ1v) is 4.38. The van der Waals surface area contributed by atoms with E-state index in [1.54, 1.807) is 6.20 Å². The largest absolute Gasteiger partial charge is 0.345 e. The van der Waals surface area contributed by atoms with E-state index in [-0.39, 0.29) is 5.56 Å². The van der Waals surface area contributed by atoms with Crippen molar-refractivity contribution >= 4 is 27.0 Å². The number of pyridine rings is 1. The molecule has 0 aromatic carbocycles. The molecule has 0 saturated carbocycles. The van der Waals surface area contributed by atoms with Crippen LogP contribution in [0.3, 0.4) is 0 Å². The van der Waals surface area contributed by atoms with E-state index >= 15 is 0 Å². The summed E-state index contributed by atoms with van der Waals surface area (Å²) in [6, 6.07) is 1.42. The van der Waals surface area contributed by atoms with Crippen molar-refractivity contribution in [3.05, 3.63) is 28.5 Å². The zero-order chi connectivity index (χ0) is 9.42. The predicted octanol–water partition coefficient (Wildman–Crippen LogP) is 3.26. The first kappa shape index (κ1) is 8.62. The molecule has 0 amide bonds. The molecule has 2 aromatic heterocycles. The molecule has 2 heterocycles. The number of H-pyrrole nitrogens is 1. The summed E-state index contributed by atoms with van der Waals surface area (Å²) >= 11 is 3.23. The van der Waals surface area contributed by atoms with Crippen LogP contribution in [0.1, 0.15) is 12.0 Å². The molecular weight excluding hydrogens is 242 g/mol. The van der Waals surface area contributed by atoms with E-state index in [0.717, 1.165) is 4.47 Å². The molecule has 0 fully saturated rings. The Balaban J connectivity index is 2.66. The van der Waals surface area contributed by atoms with Crippen LogP contribution in [0.25, 0.3) is 11.0 Å². The van der Waals surface area contributed by atoms with Gasteiger partial charge in [0.15, 0.2) is 0 Å². The third-order valence-electron chi connectivity index (χ3n) is 1.75. The van der Waals surface area contributed by atoms with Crippen LogP contribution in [0, 0.1) is 0 Å². The Morgan fingerprint density at radius 2 is 2.23 bits per heavy atom. The average molecular weight is 247 g/mol. The fourth-order valence-corrected chi connectivity index (χ4v) is 1.52. The second kappa shape index (κ2) is 3.06. The molecule has 13 heavy (non-hydrogen) atoms. The Bertz CT molecular complexity index is 439. The Hall–Kier alpha value is -0.970. The highest BCUT2D eigenvalue weighted by Gasteiger charge is 2.10. The zero-order valence-corrected chi connectivity index (χ0v) is 7.98. The molecule has 0 bridgehead atoms. The van der Waals surface area contributed by atoms with Gasteiger partial charge in [-0.05, 0) is 22.0 Å². The quantitative estimate of drug-likeness (QED) is 0.823. The second-order valence-corrected chi connectivity index (χ2v) is 3.46. The van der Waals surface area contributed by atoms with E-state index < -0.39 is 6.43 Å². The summed E-state index contributed by atoms with van der Waals surface area (Å²) in [5.41, 5.74) is 0.545. The smallest absolute Gasteiger partial charge is 0.265 e. The van der Waals surface area contributed by atoms with Crippen molar-refractivity contribution in [2.45, 2.75) is 6.43 Å². The Morgan fingerprint density at radius 3 is 2.92 bits per heavy atom. The van der Waals surface area contributed by atoms with Crippen molar-refractivity contribution in [3.8, 4) is 0 Å². The van der Waals surface area contributed by atoms with Crippen LogP contribution in [0.4, 0.5) is 8.78 Å². The summed E-state index contributed by atoms with van der Waals surface area (Å²) in [5, 5.41) is 0.679. The molecule has 1 N–H and O–H groups in total. The number of aromatic nitrogens is 2. The minimum atomic E-state index is -2.47. The van der Waals surface area contributed by atoms with E-state index in [1.807, 2.05) is 0 Å². The van der Waals surface area contributed by atoms with E-state index in [9.17, 15) is 8.78 Å². The molecule has 0 radical (unpaired) electrons. The average Bonchev–Trinajstić information content (AvgIpc) is 2.47. The van der Waals surface area contributed by atoms with Gasteiger partial charge in [0, 0.05) is 27.8 Å². The molecule has 0 spiro atoms. The topological polar surface area (TPSA) is 28.7 Å². The van der Waals surface area contributed by atoms with E-state index in [0.29, 0.717) is 11.0 Å². The molecule has 0 aliphatic carbocycles. The van der Waals surface area contributed by atoms with Crippen molar-refractivity contribution in [3.63, 3.8) is 0 Å². The van der Waals surface area contributed by atoms with Gasteiger partial charge in [0.2, 0.25) is 0 Å². The lowest BCUT2D eigenvalue weighted by Crippen LogP contribution is -1.85. The maximum absolute atomic E-state index is 12.3. The normalized spacial score (nSPS) is 11.4. The van der Waals surface area contributed by atoms with Crippen molar-refractivity contribution in [1.82, 2.24) is 9.97 Å². The molecule has 0 unspecified atom stereocenters. The molecule has 68 valence electrons. The summed E-state index contributed by atoms with van der Waals surface area (Å²) in [6.07, 6.45) is 0.377. The number of nitrogens with zero attached hydrogens (tertiary/aromatic N) is 1. The molecule has 0 atom stereocenters. The van der Waals surface area contributed by atoms with Crippen LogP contribution < -0.4 is 0 Å². The number of alkyl halides is 2. The van der Waals surface area contributed by atoms with Gasteiger partial charge >= 0.3 is 0 Å². The highest BCUT2D eigenvalue weighted by molar-refractivity contribution is 9.10. The Labute approximate surface area is 81.1 Å². The standard InChI is InChI=1S/C8H5BrF2N2/c9-6-3-13-8-5(6)1-4(2-12-8)7(10)11/h1-3,7H,(H,12,13). The van der Waals surface area contributed by atoms with E-state index in [1.165, 1.54) is 12.3 Å². The molecule has 2 aromatic rings. The fraction of sp³-hybridized carbons (Fsp3) is 0.125. The third-order valence-corrected chi connectivity index (χ3v) is 2.41. The third kappa shape index (κ3) is 1.44. The summed E-state index contributed by atoms with van der Waals surface area (Å²) in [7, 11) is 0. The number of aromatic amines is 1. The molecular formula is C8H5BrF2N2. The molecule has 0 saturated heterocycles. The van der Waals surface area contributed by atoms with Gasteiger partial charge in [0.1, 0.15) is 5.65 Å². The van der Waals surface area contributed by atoms with Crippen molar-refractivity contribution < 1.29 is 8.78 Å². The first-order valence-electron chi connectivity index (χ1n) is 3.59. The summed E-state index contributed by atoms with van der Waals surface area (Å²) in [4.78, 5) is 6.71. The van der Waals surface area contributed by atoms with Gasteiger partial charge in [-0.3, -0.25) is 0 Å². The van der Waals surface area contributed by atoms with E-state index in [4.69, 9.17) is 0 Å². The van der Waals surface area contributed by atoms with Crippen molar-refractivity contribution in [1.29, 1.82) is 0 Å². The summed E-state index contributed by atoms with van der Waals surface area (Å²) < 4.78 is 25.3. The Kier molecular flexibility index (Phi) is 2.03. The monoisotopic (exact) mass is 246 g/mol. The SMILES string of the molecule is FC(F)c1cnc2[nH]cc(Br)c2c1. The lowest BCUT2D eigenvalue weighted by atomic mass is 10.2. The number of hydrogen-bond donors (Lipinski definition) is 1. The van der Waals surface area contributed by atoms with Crippen LogP contribution >= 0.6 is 15.9 Å². The van der Waals surface area contributed by atoms with Gasteiger partial charge in [0.05, 0.1) is 0 Å². The number of rotatable bonds is 1. The highest BCUT2D eigenvalue weighted by atomic mass is 79.9.